The van der Waals surface area contributed by atoms with Crippen LogP contribution in [-0.2, 0) is 14.3 Å². The van der Waals surface area contributed by atoms with Crippen molar-refractivity contribution < 1.29 is 14.3 Å². The summed E-state index contributed by atoms with van der Waals surface area (Å²) in [6.45, 7) is 14.8. The number of rotatable bonds is 2. The van der Waals surface area contributed by atoms with Crippen LogP contribution in [0, 0.1) is 22.7 Å². The first-order valence-electron chi connectivity index (χ1n) is 8.89. The first-order chi connectivity index (χ1) is 11.1. The summed E-state index contributed by atoms with van der Waals surface area (Å²) < 4.78 is 5.41. The molecule has 0 bridgehead atoms. The molecular formula is C21H28O3. The summed E-state index contributed by atoms with van der Waals surface area (Å²) in [4.78, 5) is 26.5. The van der Waals surface area contributed by atoms with Gasteiger partial charge in [-0.15, -0.1) is 0 Å². The van der Waals surface area contributed by atoms with E-state index in [1.54, 1.807) is 0 Å². The zero-order chi connectivity index (χ0) is 18.0. The quantitative estimate of drug-likeness (QED) is 0.706. The number of Topliss-reactive ketones (excluding diaryl/α,β-unsaturated/α-hetero) is 2. The van der Waals surface area contributed by atoms with E-state index in [9.17, 15) is 9.59 Å². The third kappa shape index (κ3) is 1.96. The molecule has 0 aromatic rings. The molecule has 0 amide bonds. The van der Waals surface area contributed by atoms with E-state index in [4.69, 9.17) is 4.74 Å². The lowest BCUT2D eigenvalue weighted by Crippen LogP contribution is -2.42. The topological polar surface area (TPSA) is 43.4 Å². The third-order valence-corrected chi connectivity index (χ3v) is 6.36. The van der Waals surface area contributed by atoms with Crippen molar-refractivity contribution in [2.75, 3.05) is 7.11 Å². The molecule has 24 heavy (non-hydrogen) atoms. The molecule has 0 heterocycles. The molecule has 3 rings (SSSR count). The number of allylic oxidation sites excluding steroid dienone is 4. The number of methoxy groups -OCH3 is 1. The van der Waals surface area contributed by atoms with E-state index in [0.717, 1.165) is 24.8 Å². The van der Waals surface area contributed by atoms with Crippen LogP contribution in [0.3, 0.4) is 0 Å². The summed E-state index contributed by atoms with van der Waals surface area (Å²) in [7, 11) is 1.49. The molecule has 3 heteroatoms. The first-order valence-corrected chi connectivity index (χ1v) is 8.89. The molecule has 0 saturated heterocycles. The van der Waals surface area contributed by atoms with Gasteiger partial charge in [-0.05, 0) is 35.7 Å². The van der Waals surface area contributed by atoms with E-state index in [0.29, 0.717) is 16.7 Å². The molecule has 3 nitrogen and oxygen atoms in total. The number of fused-ring (bicyclic) bond motifs is 2. The Balaban J connectivity index is 2.24. The third-order valence-electron chi connectivity index (χ3n) is 6.36. The van der Waals surface area contributed by atoms with Gasteiger partial charge in [0, 0.05) is 22.1 Å². The summed E-state index contributed by atoms with van der Waals surface area (Å²) in [5.41, 5.74) is 2.34. The highest BCUT2D eigenvalue weighted by atomic mass is 16.5. The maximum Gasteiger partial charge on any atom is 0.225 e. The molecule has 3 aliphatic rings. The Kier molecular flexibility index (Phi) is 3.71. The van der Waals surface area contributed by atoms with E-state index in [-0.39, 0.29) is 40.0 Å². The van der Waals surface area contributed by atoms with Crippen molar-refractivity contribution in [3.05, 3.63) is 34.6 Å². The van der Waals surface area contributed by atoms with Crippen molar-refractivity contribution in [3.63, 3.8) is 0 Å². The van der Waals surface area contributed by atoms with Crippen LogP contribution < -0.4 is 0 Å². The largest absolute Gasteiger partial charge is 0.492 e. The highest BCUT2D eigenvalue weighted by Crippen LogP contribution is 2.64. The number of hydrogen-bond acceptors (Lipinski definition) is 3. The molecule has 0 spiro atoms. The van der Waals surface area contributed by atoms with Crippen molar-refractivity contribution in [1.82, 2.24) is 0 Å². The van der Waals surface area contributed by atoms with Crippen molar-refractivity contribution in [2.45, 2.75) is 53.9 Å². The van der Waals surface area contributed by atoms with Gasteiger partial charge in [-0.2, -0.15) is 0 Å². The Morgan fingerprint density at radius 2 is 1.75 bits per heavy atom. The van der Waals surface area contributed by atoms with Gasteiger partial charge in [0.1, 0.15) is 0 Å². The lowest BCUT2D eigenvalue weighted by molar-refractivity contribution is -0.120. The maximum atomic E-state index is 13.3. The minimum atomic E-state index is -0.312. The Morgan fingerprint density at radius 1 is 1.12 bits per heavy atom. The van der Waals surface area contributed by atoms with Crippen LogP contribution in [0.1, 0.15) is 53.9 Å². The number of carbonyl (C=O) groups excluding carboxylic acids is 2. The minimum absolute atomic E-state index is 0.0349. The highest BCUT2D eigenvalue weighted by molar-refractivity contribution is 6.27. The summed E-state index contributed by atoms with van der Waals surface area (Å²) in [6.07, 6.45) is 3.08. The Bertz CT molecular complexity index is 717. The molecule has 1 fully saturated rings. The monoisotopic (exact) mass is 328 g/mol. The van der Waals surface area contributed by atoms with Gasteiger partial charge in [-0.1, -0.05) is 47.6 Å². The molecule has 130 valence electrons. The van der Waals surface area contributed by atoms with Gasteiger partial charge in [0.05, 0.1) is 7.11 Å². The molecule has 0 aromatic carbocycles. The van der Waals surface area contributed by atoms with Gasteiger partial charge in [-0.25, -0.2) is 0 Å². The Hall–Kier alpha value is -1.64. The fraction of sp³-hybridized carbons (Fsp3) is 0.619. The minimum Gasteiger partial charge on any atom is -0.492 e. The average Bonchev–Trinajstić information content (AvgIpc) is 2.71. The summed E-state index contributed by atoms with van der Waals surface area (Å²) >= 11 is 0. The summed E-state index contributed by atoms with van der Waals surface area (Å²) in [5, 5.41) is 0. The fourth-order valence-electron chi connectivity index (χ4n) is 5.61. The van der Waals surface area contributed by atoms with Crippen LogP contribution in [0.4, 0.5) is 0 Å². The van der Waals surface area contributed by atoms with Crippen molar-refractivity contribution in [2.24, 2.45) is 22.7 Å². The van der Waals surface area contributed by atoms with Gasteiger partial charge >= 0.3 is 0 Å². The molecule has 1 saturated carbocycles. The van der Waals surface area contributed by atoms with E-state index in [1.807, 2.05) is 13.8 Å². The zero-order valence-electron chi connectivity index (χ0n) is 15.7. The normalized spacial score (nSPS) is 32.5. The fourth-order valence-corrected chi connectivity index (χ4v) is 5.61. The van der Waals surface area contributed by atoms with Crippen LogP contribution >= 0.6 is 0 Å². The van der Waals surface area contributed by atoms with Crippen molar-refractivity contribution in [3.8, 4) is 0 Å². The van der Waals surface area contributed by atoms with Crippen molar-refractivity contribution >= 4 is 11.6 Å². The highest BCUT2D eigenvalue weighted by Gasteiger charge is 2.60. The second-order valence-electron chi connectivity index (χ2n) is 8.73. The van der Waals surface area contributed by atoms with Gasteiger partial charge in [0.15, 0.2) is 11.5 Å². The predicted molar refractivity (Wildman–Crippen MR) is 94.3 cm³/mol. The Labute approximate surface area is 144 Å². The molecular weight excluding hydrogens is 300 g/mol. The smallest absolute Gasteiger partial charge is 0.225 e. The van der Waals surface area contributed by atoms with Gasteiger partial charge in [0.2, 0.25) is 5.78 Å². The molecule has 0 unspecified atom stereocenters. The SMILES string of the molecule is C=C1C2=C(C(=O)C(OC)=C(C(C)C)C2=O)[C@@]2(C)CCCC(C)(C)[C@H]12. The lowest BCUT2D eigenvalue weighted by Gasteiger charge is -2.48. The van der Waals surface area contributed by atoms with E-state index >= 15 is 0 Å². The lowest BCUT2D eigenvalue weighted by atomic mass is 9.55. The number of ether oxygens (including phenoxy) is 1. The van der Waals surface area contributed by atoms with Crippen LogP contribution in [0.5, 0.6) is 0 Å². The van der Waals surface area contributed by atoms with E-state index < -0.39 is 0 Å². The summed E-state index contributed by atoms with van der Waals surface area (Å²) in [5.74, 6) is 0.183. The van der Waals surface area contributed by atoms with E-state index in [2.05, 4.69) is 27.4 Å². The second kappa shape index (κ2) is 5.18. The zero-order valence-corrected chi connectivity index (χ0v) is 15.7. The molecule has 0 N–H and O–H groups in total. The first kappa shape index (κ1) is 17.2. The molecule has 0 radical (unpaired) electrons. The standard InChI is InChI=1S/C21H28O3/c1-11(2)13-16(22)14-12(3)19-20(4,5)9-8-10-21(19,6)15(14)17(23)18(13)24-7/h11,19H,3,8-10H2,1-2,4-7H3/t19-,21+/m0/s1. The van der Waals surface area contributed by atoms with Gasteiger partial charge in [-0.3, -0.25) is 9.59 Å². The maximum absolute atomic E-state index is 13.3. The molecule has 0 aromatic heterocycles. The summed E-state index contributed by atoms with van der Waals surface area (Å²) in [6, 6.07) is 0. The molecule has 2 atom stereocenters. The van der Waals surface area contributed by atoms with Gasteiger partial charge < -0.3 is 4.74 Å². The van der Waals surface area contributed by atoms with Crippen LogP contribution in [0.15, 0.2) is 34.6 Å². The second-order valence-corrected chi connectivity index (χ2v) is 8.73. The van der Waals surface area contributed by atoms with E-state index in [1.165, 1.54) is 7.11 Å². The number of hydrogen-bond donors (Lipinski definition) is 0. The molecule has 3 aliphatic carbocycles. The number of carbonyl (C=O) groups is 2. The van der Waals surface area contributed by atoms with Crippen molar-refractivity contribution in [1.29, 1.82) is 0 Å². The Morgan fingerprint density at radius 3 is 2.29 bits per heavy atom. The van der Waals surface area contributed by atoms with Gasteiger partial charge in [0.25, 0.3) is 0 Å². The van der Waals surface area contributed by atoms with Crippen LogP contribution in [0.2, 0.25) is 0 Å². The van der Waals surface area contributed by atoms with Crippen LogP contribution in [-0.4, -0.2) is 18.7 Å². The average molecular weight is 328 g/mol. The van der Waals surface area contributed by atoms with Crippen LogP contribution in [0.25, 0.3) is 0 Å². The molecule has 0 aliphatic heterocycles. The number of ketones is 2. The predicted octanol–water partition coefficient (Wildman–Crippen LogP) is 4.39.